The van der Waals surface area contributed by atoms with Gasteiger partial charge in [0.1, 0.15) is 11.4 Å². The maximum Gasteiger partial charge on any atom is 0.234 e. The lowest BCUT2D eigenvalue weighted by Crippen LogP contribution is -2.41. The fourth-order valence-corrected chi connectivity index (χ4v) is 4.96. The molecule has 3 heterocycles. The summed E-state index contributed by atoms with van der Waals surface area (Å²) in [7, 11) is 1.61. The van der Waals surface area contributed by atoms with Gasteiger partial charge in [-0.25, -0.2) is 0 Å². The number of carbonyl (C=O) groups is 2. The number of hydrogen-bond donors (Lipinski definition) is 1. The fraction of sp³-hybridized carbons (Fsp3) is 0.360. The molecule has 1 N–H and O–H groups in total. The van der Waals surface area contributed by atoms with Gasteiger partial charge in [0.05, 0.1) is 31.6 Å². The molecule has 2 aromatic rings. The van der Waals surface area contributed by atoms with Gasteiger partial charge in [0.2, 0.25) is 11.8 Å². The van der Waals surface area contributed by atoms with Gasteiger partial charge in [-0.15, -0.1) is 0 Å². The Bertz CT molecular complexity index is 1040. The summed E-state index contributed by atoms with van der Waals surface area (Å²) in [6, 6.07) is 15.2. The van der Waals surface area contributed by atoms with Crippen LogP contribution >= 0.6 is 0 Å². The molecule has 2 amide bonds. The molecular weight excluding hydrogens is 392 g/mol. The number of methoxy groups -OCH3 is 1. The molecule has 0 aromatic heterocycles. The predicted molar refractivity (Wildman–Crippen MR) is 118 cm³/mol. The minimum Gasteiger partial charge on any atom is -0.497 e. The van der Waals surface area contributed by atoms with Crippen LogP contribution in [-0.4, -0.2) is 37.2 Å². The van der Waals surface area contributed by atoms with Crippen LogP contribution in [-0.2, 0) is 14.3 Å². The number of nitrogens with one attached hydrogen (secondary N) is 1. The lowest BCUT2D eigenvalue weighted by molar-refractivity contribution is -0.128. The second-order valence-corrected chi connectivity index (χ2v) is 8.79. The molecule has 6 heteroatoms. The lowest BCUT2D eigenvalue weighted by Gasteiger charge is -2.23. The van der Waals surface area contributed by atoms with Gasteiger partial charge in [-0.2, -0.15) is 0 Å². The Morgan fingerprint density at radius 2 is 1.87 bits per heavy atom. The van der Waals surface area contributed by atoms with E-state index in [0.29, 0.717) is 12.5 Å². The summed E-state index contributed by atoms with van der Waals surface area (Å²) in [5, 5.41) is 2.99. The molecule has 2 bridgehead atoms. The normalized spacial score (nSPS) is 28.3. The zero-order valence-electron chi connectivity index (χ0n) is 17.9. The number of anilines is 2. The van der Waals surface area contributed by atoms with E-state index in [0.717, 1.165) is 17.1 Å². The third-order valence-corrected chi connectivity index (χ3v) is 6.63. The van der Waals surface area contributed by atoms with Gasteiger partial charge in [-0.1, -0.05) is 38.1 Å². The fourth-order valence-electron chi connectivity index (χ4n) is 4.96. The first-order chi connectivity index (χ1) is 14.9. The van der Waals surface area contributed by atoms with Crippen molar-refractivity contribution in [3.05, 3.63) is 66.2 Å². The van der Waals surface area contributed by atoms with Gasteiger partial charge >= 0.3 is 0 Å². The number of carbonyl (C=O) groups excluding carboxylic acids is 2. The van der Waals surface area contributed by atoms with Crippen LogP contribution in [0.4, 0.5) is 11.4 Å². The van der Waals surface area contributed by atoms with Crippen molar-refractivity contribution >= 4 is 23.2 Å². The molecule has 2 saturated heterocycles. The third kappa shape index (κ3) is 3.13. The summed E-state index contributed by atoms with van der Waals surface area (Å²) in [5.74, 6) is -0.179. The van der Waals surface area contributed by atoms with Crippen LogP contribution in [0.5, 0.6) is 5.75 Å². The molecule has 0 aliphatic carbocycles. The number of amides is 2. The van der Waals surface area contributed by atoms with Gasteiger partial charge in [0.25, 0.3) is 0 Å². The van der Waals surface area contributed by atoms with E-state index in [1.807, 2.05) is 60.7 Å². The topological polar surface area (TPSA) is 67.9 Å². The summed E-state index contributed by atoms with van der Waals surface area (Å²) in [4.78, 5) is 28.4. The maximum atomic E-state index is 13.4. The van der Waals surface area contributed by atoms with Gasteiger partial charge < -0.3 is 19.7 Å². The van der Waals surface area contributed by atoms with Crippen molar-refractivity contribution in [2.75, 3.05) is 23.9 Å². The number of fused-ring (bicyclic) bond motifs is 1. The molecule has 2 fully saturated rings. The number of ether oxygens (including phenoxy) is 2. The quantitative estimate of drug-likeness (QED) is 0.751. The van der Waals surface area contributed by atoms with Crippen LogP contribution in [0.2, 0.25) is 0 Å². The van der Waals surface area contributed by atoms with Crippen molar-refractivity contribution < 1.29 is 19.1 Å². The average Bonchev–Trinajstić information content (AvgIpc) is 3.42. The standard InChI is InChI=1S/C25H26N2O4/c1-15(2)16-4-6-17(7-5-16)26-23(28)21-20-12-13-25(31-20)14-27(24(29)22(21)25)18-8-10-19(30-3)11-9-18/h4-13,15,20-22H,14H2,1-3H3,(H,26,28)/t20-,21?,22-,25+/m0/s1. The van der Waals surface area contributed by atoms with E-state index in [-0.39, 0.29) is 17.9 Å². The van der Waals surface area contributed by atoms with Gasteiger partial charge in [0.15, 0.2) is 0 Å². The molecule has 3 aliphatic rings. The number of hydrogen-bond acceptors (Lipinski definition) is 4. The van der Waals surface area contributed by atoms with Crippen molar-refractivity contribution in [3.8, 4) is 5.75 Å². The van der Waals surface area contributed by atoms with Crippen LogP contribution in [0.3, 0.4) is 0 Å². The second-order valence-electron chi connectivity index (χ2n) is 8.79. The molecular formula is C25H26N2O4. The number of rotatable bonds is 5. The molecule has 1 spiro atoms. The maximum absolute atomic E-state index is 13.4. The Morgan fingerprint density at radius 1 is 1.16 bits per heavy atom. The monoisotopic (exact) mass is 418 g/mol. The average molecular weight is 418 g/mol. The van der Waals surface area contributed by atoms with Crippen LogP contribution in [0.15, 0.2) is 60.7 Å². The van der Waals surface area contributed by atoms with Crippen molar-refractivity contribution in [1.82, 2.24) is 0 Å². The van der Waals surface area contributed by atoms with Crippen molar-refractivity contribution in [3.63, 3.8) is 0 Å². The second kappa shape index (κ2) is 7.24. The first kappa shape index (κ1) is 19.8. The summed E-state index contributed by atoms with van der Waals surface area (Å²) >= 11 is 0. The SMILES string of the molecule is COc1ccc(N2C[C@@]34C=C[C@H](O3)C(C(=O)Nc3ccc(C(C)C)cc3)[C@H]4C2=O)cc1. The molecule has 3 aliphatic heterocycles. The van der Waals surface area contributed by atoms with Crippen molar-refractivity contribution in [2.45, 2.75) is 31.5 Å². The van der Waals surface area contributed by atoms with Crippen molar-refractivity contribution in [2.24, 2.45) is 11.8 Å². The largest absolute Gasteiger partial charge is 0.497 e. The van der Waals surface area contributed by atoms with Crippen LogP contribution in [0.1, 0.15) is 25.3 Å². The first-order valence-corrected chi connectivity index (χ1v) is 10.7. The van der Waals surface area contributed by atoms with E-state index < -0.39 is 17.4 Å². The number of nitrogens with zero attached hydrogens (tertiary/aromatic N) is 1. The van der Waals surface area contributed by atoms with Gasteiger partial charge in [-0.05, 0) is 47.9 Å². The minimum absolute atomic E-state index is 0.0766. The van der Waals surface area contributed by atoms with Crippen molar-refractivity contribution in [1.29, 1.82) is 0 Å². The molecule has 31 heavy (non-hydrogen) atoms. The zero-order chi connectivity index (χ0) is 21.8. The molecule has 160 valence electrons. The van der Waals surface area contributed by atoms with Crippen LogP contribution < -0.4 is 15.0 Å². The highest BCUT2D eigenvalue weighted by atomic mass is 16.5. The summed E-state index contributed by atoms with van der Waals surface area (Å²) < 4.78 is 11.4. The van der Waals surface area contributed by atoms with Gasteiger partial charge in [0, 0.05) is 11.4 Å². The highest BCUT2D eigenvalue weighted by Crippen LogP contribution is 2.52. The van der Waals surface area contributed by atoms with E-state index >= 15 is 0 Å². The van der Waals surface area contributed by atoms with E-state index in [1.54, 1.807) is 12.0 Å². The van der Waals surface area contributed by atoms with E-state index in [1.165, 1.54) is 5.56 Å². The minimum atomic E-state index is -0.745. The molecule has 0 saturated carbocycles. The highest BCUT2D eigenvalue weighted by Gasteiger charge is 2.67. The summed E-state index contributed by atoms with van der Waals surface area (Å²) in [6.45, 7) is 4.67. The zero-order valence-corrected chi connectivity index (χ0v) is 17.9. The Morgan fingerprint density at radius 3 is 2.52 bits per heavy atom. The Hall–Kier alpha value is -3.12. The Labute approximate surface area is 181 Å². The molecule has 6 nitrogen and oxygen atoms in total. The van der Waals surface area contributed by atoms with Gasteiger partial charge in [-0.3, -0.25) is 9.59 Å². The summed E-state index contributed by atoms with van der Waals surface area (Å²) in [5.41, 5.74) is 1.97. The third-order valence-electron chi connectivity index (χ3n) is 6.63. The highest BCUT2D eigenvalue weighted by molar-refractivity contribution is 6.05. The molecule has 2 aromatic carbocycles. The lowest BCUT2D eigenvalue weighted by atomic mass is 9.76. The summed E-state index contributed by atoms with van der Waals surface area (Å²) in [6.07, 6.45) is 3.51. The predicted octanol–water partition coefficient (Wildman–Crippen LogP) is 3.74. The molecule has 1 unspecified atom stereocenters. The van der Waals surface area contributed by atoms with Crippen LogP contribution in [0, 0.1) is 11.8 Å². The first-order valence-electron chi connectivity index (χ1n) is 10.7. The smallest absolute Gasteiger partial charge is 0.234 e. The molecule has 5 rings (SSSR count). The molecule has 0 radical (unpaired) electrons. The van der Waals surface area contributed by atoms with E-state index in [2.05, 4.69) is 19.2 Å². The van der Waals surface area contributed by atoms with E-state index in [4.69, 9.17) is 9.47 Å². The van der Waals surface area contributed by atoms with E-state index in [9.17, 15) is 9.59 Å². The Balaban J connectivity index is 1.38. The Kier molecular flexibility index (Phi) is 4.63. The number of benzene rings is 2. The van der Waals surface area contributed by atoms with Crippen LogP contribution in [0.25, 0.3) is 0 Å². The molecule has 4 atom stereocenters.